The van der Waals surface area contributed by atoms with Gasteiger partial charge in [0.05, 0.1) is 7.11 Å². The Morgan fingerprint density at radius 1 is 1.31 bits per heavy atom. The van der Waals surface area contributed by atoms with Gasteiger partial charge in [0.25, 0.3) is 0 Å². The summed E-state index contributed by atoms with van der Waals surface area (Å²) in [7, 11) is 1.62. The second-order valence-electron chi connectivity index (χ2n) is 3.69. The Bertz CT molecular complexity index is 404. The van der Waals surface area contributed by atoms with E-state index in [2.05, 4.69) is 0 Å². The summed E-state index contributed by atoms with van der Waals surface area (Å²) in [5.74, 6) is 0.610. The van der Waals surface area contributed by atoms with Gasteiger partial charge in [0.15, 0.2) is 0 Å². The van der Waals surface area contributed by atoms with Crippen LogP contribution < -0.4 is 4.74 Å². The first kappa shape index (κ1) is 10.7. The molecule has 1 aromatic carbocycles. The molecule has 3 nitrogen and oxygen atoms in total. The molecule has 0 spiro atoms. The molecule has 1 aliphatic carbocycles. The Balaban J connectivity index is 1.86. The van der Waals surface area contributed by atoms with E-state index in [4.69, 9.17) is 9.47 Å². The molecule has 0 aromatic heterocycles. The topological polar surface area (TPSA) is 35.5 Å². The van der Waals surface area contributed by atoms with Crippen LogP contribution in [0.3, 0.4) is 0 Å². The average Bonchev–Trinajstić information content (AvgIpc) is 2.25. The summed E-state index contributed by atoms with van der Waals surface area (Å²) < 4.78 is 10.2. The number of carbonyl (C=O) groups excluding carboxylic acids is 1. The standard InChI is InChI=1S/C13H14O3/c1-15-12-7-5-10(6-8-12)9-16-13(14)11-3-2-4-11/h3,5-8H,2,4,9H2,1H3. The van der Waals surface area contributed by atoms with Gasteiger partial charge < -0.3 is 9.47 Å². The van der Waals surface area contributed by atoms with E-state index >= 15 is 0 Å². The van der Waals surface area contributed by atoms with Gasteiger partial charge in [-0.2, -0.15) is 0 Å². The lowest BCUT2D eigenvalue weighted by molar-refractivity contribution is -0.140. The minimum absolute atomic E-state index is 0.193. The zero-order valence-corrected chi connectivity index (χ0v) is 9.23. The Kier molecular flexibility index (Phi) is 3.25. The lowest BCUT2D eigenvalue weighted by Gasteiger charge is -2.13. The fourth-order valence-electron chi connectivity index (χ4n) is 1.44. The zero-order chi connectivity index (χ0) is 11.4. The number of allylic oxidation sites excluding steroid dienone is 1. The number of hydrogen-bond donors (Lipinski definition) is 0. The molecule has 1 aliphatic rings. The molecule has 0 saturated carbocycles. The van der Waals surface area contributed by atoms with Crippen molar-refractivity contribution in [2.24, 2.45) is 0 Å². The lowest BCUT2D eigenvalue weighted by atomic mass is 10.00. The van der Waals surface area contributed by atoms with E-state index < -0.39 is 0 Å². The highest BCUT2D eigenvalue weighted by Gasteiger charge is 2.15. The van der Waals surface area contributed by atoms with Gasteiger partial charge >= 0.3 is 5.97 Å². The van der Waals surface area contributed by atoms with Gasteiger partial charge in [0, 0.05) is 5.57 Å². The Morgan fingerprint density at radius 2 is 2.00 bits per heavy atom. The summed E-state index contributed by atoms with van der Waals surface area (Å²) >= 11 is 0. The van der Waals surface area contributed by atoms with E-state index in [1.165, 1.54) is 0 Å². The van der Waals surface area contributed by atoms with Crippen LogP contribution in [0.15, 0.2) is 35.9 Å². The maximum absolute atomic E-state index is 11.4. The summed E-state index contributed by atoms with van der Waals surface area (Å²) in [5.41, 5.74) is 1.77. The molecule has 0 fully saturated rings. The molecular weight excluding hydrogens is 204 g/mol. The molecule has 16 heavy (non-hydrogen) atoms. The summed E-state index contributed by atoms with van der Waals surface area (Å²) in [5, 5.41) is 0. The summed E-state index contributed by atoms with van der Waals surface area (Å²) in [4.78, 5) is 11.4. The van der Waals surface area contributed by atoms with E-state index in [9.17, 15) is 4.79 Å². The fraction of sp³-hybridized carbons (Fsp3) is 0.308. The lowest BCUT2D eigenvalue weighted by Crippen LogP contribution is -2.11. The Hall–Kier alpha value is -1.77. The van der Waals surface area contributed by atoms with Crippen molar-refractivity contribution in [1.29, 1.82) is 0 Å². The normalized spacial score (nSPS) is 13.7. The van der Waals surface area contributed by atoms with Crippen molar-refractivity contribution in [1.82, 2.24) is 0 Å². The quantitative estimate of drug-likeness (QED) is 0.728. The first-order chi connectivity index (χ1) is 7.79. The minimum atomic E-state index is -0.193. The minimum Gasteiger partial charge on any atom is -0.497 e. The second-order valence-corrected chi connectivity index (χ2v) is 3.69. The van der Waals surface area contributed by atoms with Crippen molar-refractivity contribution in [3.8, 4) is 5.75 Å². The van der Waals surface area contributed by atoms with Crippen LogP contribution in [0.5, 0.6) is 5.75 Å². The molecule has 0 N–H and O–H groups in total. The number of ether oxygens (including phenoxy) is 2. The molecule has 0 radical (unpaired) electrons. The Morgan fingerprint density at radius 3 is 2.50 bits per heavy atom. The molecule has 0 aliphatic heterocycles. The van der Waals surface area contributed by atoms with E-state index in [0.717, 1.165) is 29.7 Å². The predicted molar refractivity (Wildman–Crippen MR) is 60.1 cm³/mol. The molecule has 0 amide bonds. The van der Waals surface area contributed by atoms with E-state index in [1.807, 2.05) is 30.3 Å². The average molecular weight is 218 g/mol. The molecule has 0 heterocycles. The van der Waals surface area contributed by atoms with Gasteiger partial charge in [-0.15, -0.1) is 0 Å². The third-order valence-electron chi connectivity index (χ3n) is 2.60. The summed E-state index contributed by atoms with van der Waals surface area (Å²) in [6, 6.07) is 7.49. The van der Waals surface area contributed by atoms with Gasteiger partial charge in [0.1, 0.15) is 12.4 Å². The number of hydrogen-bond acceptors (Lipinski definition) is 3. The van der Waals surface area contributed by atoms with Crippen molar-refractivity contribution >= 4 is 5.97 Å². The van der Waals surface area contributed by atoms with Crippen molar-refractivity contribution in [2.45, 2.75) is 19.4 Å². The molecular formula is C13H14O3. The molecule has 3 heteroatoms. The number of benzene rings is 1. The van der Waals surface area contributed by atoms with Gasteiger partial charge in [-0.05, 0) is 30.5 Å². The van der Waals surface area contributed by atoms with Crippen LogP contribution in [0.1, 0.15) is 18.4 Å². The number of methoxy groups -OCH3 is 1. The van der Waals surface area contributed by atoms with E-state index in [1.54, 1.807) is 7.11 Å². The van der Waals surface area contributed by atoms with Gasteiger partial charge in [-0.25, -0.2) is 4.79 Å². The van der Waals surface area contributed by atoms with Crippen LogP contribution >= 0.6 is 0 Å². The molecule has 0 bridgehead atoms. The van der Waals surface area contributed by atoms with Crippen LogP contribution in [0.25, 0.3) is 0 Å². The van der Waals surface area contributed by atoms with Crippen molar-refractivity contribution < 1.29 is 14.3 Å². The first-order valence-electron chi connectivity index (χ1n) is 5.28. The predicted octanol–water partition coefficient (Wildman–Crippen LogP) is 2.46. The van der Waals surface area contributed by atoms with Gasteiger partial charge in [-0.3, -0.25) is 0 Å². The third-order valence-corrected chi connectivity index (χ3v) is 2.60. The van der Waals surface area contributed by atoms with E-state index in [-0.39, 0.29) is 5.97 Å². The van der Waals surface area contributed by atoms with Crippen LogP contribution in [-0.2, 0) is 16.1 Å². The number of rotatable bonds is 4. The van der Waals surface area contributed by atoms with Crippen molar-refractivity contribution in [2.75, 3.05) is 7.11 Å². The molecule has 0 atom stereocenters. The van der Waals surface area contributed by atoms with Crippen LogP contribution in [0, 0.1) is 0 Å². The fourth-order valence-corrected chi connectivity index (χ4v) is 1.44. The number of carbonyl (C=O) groups is 1. The Labute approximate surface area is 94.7 Å². The molecule has 84 valence electrons. The van der Waals surface area contributed by atoms with Crippen LogP contribution in [0.2, 0.25) is 0 Å². The highest BCUT2D eigenvalue weighted by Crippen LogP contribution is 2.20. The van der Waals surface area contributed by atoms with Crippen molar-refractivity contribution in [3.05, 3.63) is 41.5 Å². The van der Waals surface area contributed by atoms with Crippen LogP contribution in [0.4, 0.5) is 0 Å². The number of esters is 1. The van der Waals surface area contributed by atoms with Crippen LogP contribution in [-0.4, -0.2) is 13.1 Å². The largest absolute Gasteiger partial charge is 0.497 e. The molecule has 0 unspecified atom stereocenters. The second kappa shape index (κ2) is 4.84. The van der Waals surface area contributed by atoms with Gasteiger partial charge in [-0.1, -0.05) is 18.2 Å². The van der Waals surface area contributed by atoms with E-state index in [0.29, 0.717) is 6.61 Å². The molecule has 0 saturated heterocycles. The van der Waals surface area contributed by atoms with Gasteiger partial charge in [0.2, 0.25) is 0 Å². The molecule has 2 rings (SSSR count). The maximum atomic E-state index is 11.4. The highest BCUT2D eigenvalue weighted by molar-refractivity contribution is 5.89. The summed E-state index contributed by atoms with van der Waals surface area (Å²) in [6.45, 7) is 0.320. The smallest absolute Gasteiger partial charge is 0.334 e. The maximum Gasteiger partial charge on any atom is 0.334 e. The third kappa shape index (κ3) is 2.42. The van der Waals surface area contributed by atoms with Crippen molar-refractivity contribution in [3.63, 3.8) is 0 Å². The highest BCUT2D eigenvalue weighted by atomic mass is 16.5. The zero-order valence-electron chi connectivity index (χ0n) is 9.23. The molecule has 1 aromatic rings. The summed E-state index contributed by atoms with van der Waals surface area (Å²) in [6.07, 6.45) is 3.75. The first-order valence-corrected chi connectivity index (χ1v) is 5.28. The monoisotopic (exact) mass is 218 g/mol. The SMILES string of the molecule is COc1ccc(COC(=O)C2=CCC2)cc1.